The third kappa shape index (κ3) is 5.00. The molecule has 0 N–H and O–H groups in total. The van der Waals surface area contributed by atoms with Gasteiger partial charge in [-0.15, -0.1) is 0 Å². The zero-order valence-corrected chi connectivity index (χ0v) is 22.5. The van der Waals surface area contributed by atoms with Crippen LogP contribution in [0.4, 0.5) is 0 Å². The van der Waals surface area contributed by atoms with Crippen molar-refractivity contribution in [3.8, 4) is 23.0 Å². The summed E-state index contributed by atoms with van der Waals surface area (Å²) in [5.41, 5.74) is 2.21. The molecule has 0 atom stereocenters. The van der Waals surface area contributed by atoms with E-state index in [1.165, 1.54) is 30.6 Å². The van der Waals surface area contributed by atoms with Gasteiger partial charge in [0.2, 0.25) is 22.8 Å². The molecule has 9 nitrogen and oxygen atoms in total. The number of fused-ring (bicyclic) bond motifs is 4. The van der Waals surface area contributed by atoms with Gasteiger partial charge in [-0.2, -0.15) is 0 Å². The Balaban J connectivity index is 1.17. The highest BCUT2D eigenvalue weighted by molar-refractivity contribution is 6.03. The number of benzene rings is 3. The topological polar surface area (TPSA) is 100 Å². The summed E-state index contributed by atoms with van der Waals surface area (Å²) in [7, 11) is 2.85. The Labute approximate surface area is 231 Å². The summed E-state index contributed by atoms with van der Waals surface area (Å²) in [5.74, 6) is -0.626. The molecule has 0 amide bonds. The van der Waals surface area contributed by atoms with Gasteiger partial charge >= 0.3 is 11.9 Å². The first-order chi connectivity index (χ1) is 19.5. The minimum Gasteiger partial charge on any atom is -0.490 e. The molecule has 1 aromatic heterocycles. The monoisotopic (exact) mass is 542 g/mol. The van der Waals surface area contributed by atoms with Crippen molar-refractivity contribution in [1.82, 2.24) is 10.1 Å². The van der Waals surface area contributed by atoms with E-state index >= 15 is 0 Å². The Kier molecular flexibility index (Phi) is 7.13. The van der Waals surface area contributed by atoms with E-state index in [-0.39, 0.29) is 28.6 Å². The number of rotatable bonds is 7. The van der Waals surface area contributed by atoms with Gasteiger partial charge in [-0.05, 0) is 67.1 Å². The Morgan fingerprint density at radius 1 is 0.900 bits per heavy atom. The van der Waals surface area contributed by atoms with Crippen LogP contribution >= 0.6 is 0 Å². The Bertz CT molecular complexity index is 1620. The van der Waals surface area contributed by atoms with Gasteiger partial charge in [-0.3, -0.25) is 4.90 Å². The molecule has 6 rings (SSSR count). The number of methoxy groups -OCH3 is 2. The lowest BCUT2D eigenvalue weighted by atomic mass is 9.90. The second-order valence-corrected chi connectivity index (χ2v) is 10.2. The summed E-state index contributed by atoms with van der Waals surface area (Å²) in [5, 5.41) is 7.27. The summed E-state index contributed by atoms with van der Waals surface area (Å²) in [4.78, 5) is 27.1. The van der Waals surface area contributed by atoms with Crippen LogP contribution in [0, 0.1) is 5.92 Å². The van der Waals surface area contributed by atoms with Crippen molar-refractivity contribution in [2.75, 3.05) is 27.3 Å². The van der Waals surface area contributed by atoms with Crippen molar-refractivity contribution in [2.24, 2.45) is 5.92 Å². The smallest absolute Gasteiger partial charge is 0.336 e. The van der Waals surface area contributed by atoms with Gasteiger partial charge in [-0.1, -0.05) is 41.6 Å². The SMILES string of the molecule is COc1c2c(c3c(CCC4CCN(Cc5ccc6ccccc6c5)CC4)noc3c1OC)OC(=O)/C=C/C(=O)O2. The lowest BCUT2D eigenvalue weighted by Gasteiger charge is -2.32. The first kappa shape index (κ1) is 25.9. The van der Waals surface area contributed by atoms with Gasteiger partial charge in [0, 0.05) is 18.7 Å². The number of ether oxygens (including phenoxy) is 4. The van der Waals surface area contributed by atoms with Crippen LogP contribution in [0.3, 0.4) is 0 Å². The van der Waals surface area contributed by atoms with Crippen LogP contribution in [0.1, 0.15) is 30.5 Å². The van der Waals surface area contributed by atoms with E-state index in [2.05, 4.69) is 52.5 Å². The maximum absolute atomic E-state index is 12.4. The van der Waals surface area contributed by atoms with E-state index in [9.17, 15) is 9.59 Å². The summed E-state index contributed by atoms with van der Waals surface area (Å²) in [6.45, 7) is 2.99. The minimum atomic E-state index is -0.731. The van der Waals surface area contributed by atoms with E-state index < -0.39 is 11.9 Å². The number of likely N-dealkylation sites (tertiary alicyclic amines) is 1. The summed E-state index contributed by atoms with van der Waals surface area (Å²) in [6.07, 6.45) is 5.68. The van der Waals surface area contributed by atoms with Crippen molar-refractivity contribution >= 4 is 33.7 Å². The molecule has 1 fully saturated rings. The zero-order chi connectivity index (χ0) is 27.6. The van der Waals surface area contributed by atoms with Crippen LogP contribution in [0.5, 0.6) is 23.0 Å². The number of hydrogen-bond acceptors (Lipinski definition) is 9. The summed E-state index contributed by atoms with van der Waals surface area (Å²) < 4.78 is 27.7. The molecule has 0 bridgehead atoms. The van der Waals surface area contributed by atoms with Crippen LogP contribution in [-0.4, -0.2) is 49.3 Å². The van der Waals surface area contributed by atoms with E-state index in [0.717, 1.165) is 51.0 Å². The molecule has 40 heavy (non-hydrogen) atoms. The highest BCUT2D eigenvalue weighted by Gasteiger charge is 2.33. The molecule has 206 valence electrons. The molecule has 3 heterocycles. The Morgan fingerprint density at radius 2 is 1.60 bits per heavy atom. The van der Waals surface area contributed by atoms with Gasteiger partial charge < -0.3 is 23.5 Å². The second-order valence-electron chi connectivity index (χ2n) is 10.2. The number of piperidine rings is 1. The van der Waals surface area contributed by atoms with Crippen molar-refractivity contribution in [3.63, 3.8) is 0 Å². The standard InChI is InChI=1S/C31H30N2O7/c1-36-29-28-26(27-31(30(29)37-2)39-25(35)12-11-24(34)38-27)23(32-40-28)10-8-19-13-15-33(16-14-19)18-20-7-9-21-5-3-4-6-22(21)17-20/h3-7,9,11-12,17,19H,8,10,13-16,18H2,1-2H3/b12-11+. The lowest BCUT2D eigenvalue weighted by Crippen LogP contribution is -2.33. The van der Waals surface area contributed by atoms with Crippen LogP contribution in [-0.2, 0) is 22.6 Å². The maximum atomic E-state index is 12.4. The van der Waals surface area contributed by atoms with E-state index in [1.54, 1.807) is 0 Å². The van der Waals surface area contributed by atoms with Crippen LogP contribution in [0.25, 0.3) is 21.7 Å². The molecular formula is C31H30N2O7. The van der Waals surface area contributed by atoms with Gasteiger partial charge in [-0.25, -0.2) is 9.59 Å². The number of aromatic nitrogens is 1. The first-order valence-corrected chi connectivity index (χ1v) is 13.4. The molecule has 3 aromatic carbocycles. The summed E-state index contributed by atoms with van der Waals surface area (Å²) in [6, 6.07) is 15.1. The fourth-order valence-electron chi connectivity index (χ4n) is 5.64. The molecule has 9 heteroatoms. The predicted octanol–water partition coefficient (Wildman–Crippen LogP) is 5.22. The van der Waals surface area contributed by atoms with Gasteiger partial charge in [0.25, 0.3) is 0 Å². The molecule has 2 aliphatic heterocycles. The Morgan fingerprint density at radius 3 is 2.33 bits per heavy atom. The number of carbonyl (C=O) groups excluding carboxylic acids is 2. The number of hydrogen-bond donors (Lipinski definition) is 0. The summed E-state index contributed by atoms with van der Waals surface area (Å²) >= 11 is 0. The molecule has 0 unspecified atom stereocenters. The average Bonchev–Trinajstić information content (AvgIpc) is 3.39. The lowest BCUT2D eigenvalue weighted by molar-refractivity contribution is -0.133. The van der Waals surface area contributed by atoms with Gasteiger partial charge in [0.1, 0.15) is 0 Å². The molecule has 0 aliphatic carbocycles. The average molecular weight is 543 g/mol. The van der Waals surface area contributed by atoms with E-state index in [1.807, 2.05) is 0 Å². The molecule has 0 spiro atoms. The molecule has 2 aliphatic rings. The normalized spacial score (nSPS) is 17.1. The molecule has 0 saturated carbocycles. The zero-order valence-electron chi connectivity index (χ0n) is 22.5. The number of aryl methyl sites for hydroxylation is 1. The highest BCUT2D eigenvalue weighted by Crippen LogP contribution is 2.52. The third-order valence-electron chi connectivity index (χ3n) is 7.70. The van der Waals surface area contributed by atoms with Gasteiger partial charge in [0.15, 0.2) is 5.75 Å². The largest absolute Gasteiger partial charge is 0.490 e. The van der Waals surface area contributed by atoms with Crippen LogP contribution < -0.4 is 18.9 Å². The predicted molar refractivity (Wildman–Crippen MR) is 148 cm³/mol. The maximum Gasteiger partial charge on any atom is 0.336 e. The third-order valence-corrected chi connectivity index (χ3v) is 7.70. The highest BCUT2D eigenvalue weighted by atomic mass is 16.6. The second kappa shape index (κ2) is 11.0. The van der Waals surface area contributed by atoms with Crippen LogP contribution in [0.15, 0.2) is 59.1 Å². The molecule has 1 saturated heterocycles. The molecule has 4 aromatic rings. The number of esters is 2. The quantitative estimate of drug-likeness (QED) is 0.230. The van der Waals surface area contributed by atoms with Crippen molar-refractivity contribution < 1.29 is 33.1 Å². The Hall–Kier alpha value is -4.37. The number of carbonyl (C=O) groups is 2. The van der Waals surface area contributed by atoms with Gasteiger partial charge in [0.05, 0.1) is 25.3 Å². The van der Waals surface area contributed by atoms with Crippen molar-refractivity contribution in [3.05, 3.63) is 65.9 Å². The van der Waals surface area contributed by atoms with E-state index in [4.69, 9.17) is 23.5 Å². The minimum absolute atomic E-state index is 0.0387. The van der Waals surface area contributed by atoms with Crippen molar-refractivity contribution in [1.29, 1.82) is 0 Å². The molecule has 0 radical (unpaired) electrons. The van der Waals surface area contributed by atoms with Crippen LogP contribution in [0.2, 0.25) is 0 Å². The van der Waals surface area contributed by atoms with Crippen molar-refractivity contribution in [2.45, 2.75) is 32.2 Å². The van der Waals surface area contributed by atoms with E-state index in [0.29, 0.717) is 23.4 Å². The first-order valence-electron chi connectivity index (χ1n) is 13.4. The fraction of sp³-hybridized carbons (Fsp3) is 0.323. The molecular weight excluding hydrogens is 512 g/mol. The fourth-order valence-corrected chi connectivity index (χ4v) is 5.64. The number of nitrogens with zero attached hydrogens (tertiary/aromatic N) is 2.